The van der Waals surface area contributed by atoms with Gasteiger partial charge in [0.15, 0.2) is 0 Å². The normalized spacial score (nSPS) is 11.6. The molecule has 0 amide bonds. The van der Waals surface area contributed by atoms with Crippen molar-refractivity contribution in [3.05, 3.63) is 115 Å². The molecule has 2 aliphatic heterocycles. The van der Waals surface area contributed by atoms with E-state index in [1.165, 1.54) is 12.3 Å². The van der Waals surface area contributed by atoms with E-state index in [1.807, 2.05) is 48.5 Å². The smallest absolute Gasteiger partial charge is 0.354 e. The average molecular weight is 662 g/mol. The summed E-state index contributed by atoms with van der Waals surface area (Å²) >= 11 is 0. The molecule has 0 spiro atoms. The molecule has 0 saturated carbocycles. The van der Waals surface area contributed by atoms with E-state index in [1.54, 1.807) is 18.3 Å². The Morgan fingerprint density at radius 1 is 0.757 bits per heavy atom. The molecule has 0 aliphatic carbocycles. The Bertz CT molecular complexity index is 1510. The molecule has 0 fully saturated rings. The van der Waals surface area contributed by atoms with E-state index < -0.39 is 5.97 Å². The summed E-state index contributed by atoms with van der Waals surface area (Å²) < 4.78 is 12.5. The number of aromatic carboxylic acids is 1. The SMILES string of the molecule is O=C(O)c1ccccn1.[Ir].[c-]1c(-c2ccccn2)cc2c3c1Oc1ccccc1B3c1ccccc1O2. The Kier molecular flexibility index (Phi) is 6.86. The zero-order valence-electron chi connectivity index (χ0n) is 19.3. The Labute approximate surface area is 227 Å². The van der Waals surface area contributed by atoms with E-state index in [9.17, 15) is 4.79 Å². The molecule has 37 heavy (non-hydrogen) atoms. The molecular formula is C29H18BIrN2O4-. The van der Waals surface area contributed by atoms with Crippen LogP contribution in [0.1, 0.15) is 10.5 Å². The van der Waals surface area contributed by atoms with Crippen molar-refractivity contribution in [3.8, 4) is 34.3 Å². The van der Waals surface area contributed by atoms with E-state index in [-0.39, 0.29) is 32.5 Å². The summed E-state index contributed by atoms with van der Waals surface area (Å²) in [6, 6.07) is 32.4. The third-order valence-corrected chi connectivity index (χ3v) is 6.04. The fourth-order valence-corrected chi connectivity index (χ4v) is 4.46. The zero-order chi connectivity index (χ0) is 24.5. The molecule has 4 heterocycles. The minimum absolute atomic E-state index is 0. The molecule has 0 saturated heterocycles. The van der Waals surface area contributed by atoms with Crippen molar-refractivity contribution >= 4 is 29.1 Å². The molecule has 0 atom stereocenters. The number of carboxylic acids is 1. The first-order valence-electron chi connectivity index (χ1n) is 11.4. The van der Waals surface area contributed by atoms with Crippen molar-refractivity contribution in [1.82, 2.24) is 9.97 Å². The van der Waals surface area contributed by atoms with Crippen LogP contribution in [0.4, 0.5) is 0 Å². The second kappa shape index (κ2) is 10.4. The molecule has 3 aromatic carbocycles. The van der Waals surface area contributed by atoms with Crippen LogP contribution in [0, 0.1) is 6.07 Å². The molecule has 181 valence electrons. The number of rotatable bonds is 2. The number of carboxylic acid groups (broad SMARTS) is 1. The first-order chi connectivity index (χ1) is 17.7. The van der Waals surface area contributed by atoms with Crippen molar-refractivity contribution in [2.24, 2.45) is 0 Å². The van der Waals surface area contributed by atoms with Crippen molar-refractivity contribution in [2.75, 3.05) is 0 Å². The van der Waals surface area contributed by atoms with Crippen molar-refractivity contribution < 1.29 is 39.5 Å². The number of para-hydroxylation sites is 2. The monoisotopic (exact) mass is 662 g/mol. The van der Waals surface area contributed by atoms with Crippen LogP contribution in [-0.2, 0) is 20.1 Å². The van der Waals surface area contributed by atoms with Crippen LogP contribution < -0.4 is 25.9 Å². The zero-order valence-corrected chi connectivity index (χ0v) is 21.7. The number of benzene rings is 3. The molecule has 6 nitrogen and oxygen atoms in total. The van der Waals surface area contributed by atoms with Crippen molar-refractivity contribution in [2.45, 2.75) is 0 Å². The quantitative estimate of drug-likeness (QED) is 0.223. The topological polar surface area (TPSA) is 81.5 Å². The fraction of sp³-hybridized carbons (Fsp3) is 0. The van der Waals surface area contributed by atoms with Gasteiger partial charge in [0.05, 0.1) is 0 Å². The van der Waals surface area contributed by atoms with E-state index in [2.05, 4.69) is 40.3 Å². The van der Waals surface area contributed by atoms with E-state index in [4.69, 9.17) is 14.6 Å². The van der Waals surface area contributed by atoms with Crippen LogP contribution in [0.15, 0.2) is 103 Å². The maximum Gasteiger partial charge on any atom is 0.354 e. The number of aromatic nitrogens is 2. The van der Waals surface area contributed by atoms with E-state index in [0.29, 0.717) is 5.75 Å². The summed E-state index contributed by atoms with van der Waals surface area (Å²) in [5.41, 5.74) is 5.13. The largest absolute Gasteiger partial charge is 0.478 e. The van der Waals surface area contributed by atoms with Gasteiger partial charge in [-0.1, -0.05) is 66.1 Å². The van der Waals surface area contributed by atoms with Crippen LogP contribution in [0.5, 0.6) is 23.0 Å². The number of ether oxygens (including phenoxy) is 2. The molecule has 5 aromatic rings. The van der Waals surface area contributed by atoms with Gasteiger partial charge in [0.2, 0.25) is 6.71 Å². The second-order valence-electron chi connectivity index (χ2n) is 8.24. The molecule has 0 unspecified atom stereocenters. The average Bonchev–Trinajstić information content (AvgIpc) is 2.94. The number of hydrogen-bond donors (Lipinski definition) is 1. The summed E-state index contributed by atoms with van der Waals surface area (Å²) in [7, 11) is 0. The number of nitrogens with zero attached hydrogens (tertiary/aromatic N) is 2. The predicted octanol–water partition coefficient (Wildman–Crippen LogP) is 4.05. The van der Waals surface area contributed by atoms with Gasteiger partial charge in [-0.3, -0.25) is 0 Å². The number of hydrogen-bond acceptors (Lipinski definition) is 5. The van der Waals surface area contributed by atoms with Gasteiger partial charge in [-0.2, -0.15) is 0 Å². The van der Waals surface area contributed by atoms with E-state index in [0.717, 1.165) is 44.9 Å². The minimum Gasteiger partial charge on any atom is -0.478 e. The summed E-state index contributed by atoms with van der Waals surface area (Å²) in [4.78, 5) is 18.2. The van der Waals surface area contributed by atoms with Gasteiger partial charge in [0.1, 0.15) is 17.2 Å². The van der Waals surface area contributed by atoms with Crippen LogP contribution >= 0.6 is 0 Å². The Morgan fingerprint density at radius 2 is 1.38 bits per heavy atom. The van der Waals surface area contributed by atoms with Crippen LogP contribution in [0.25, 0.3) is 11.3 Å². The molecule has 1 radical (unpaired) electrons. The number of carbonyl (C=O) groups is 1. The molecule has 2 aromatic heterocycles. The predicted molar refractivity (Wildman–Crippen MR) is 137 cm³/mol. The van der Waals surface area contributed by atoms with Crippen molar-refractivity contribution in [3.63, 3.8) is 0 Å². The van der Waals surface area contributed by atoms with Gasteiger partial charge in [0.25, 0.3) is 0 Å². The van der Waals surface area contributed by atoms with Crippen LogP contribution in [-0.4, -0.2) is 27.8 Å². The summed E-state index contributed by atoms with van der Waals surface area (Å²) in [5.74, 6) is 2.28. The third-order valence-electron chi connectivity index (χ3n) is 6.04. The van der Waals surface area contributed by atoms with Gasteiger partial charge in [-0.15, -0.1) is 11.6 Å². The summed E-state index contributed by atoms with van der Waals surface area (Å²) in [6.07, 6.45) is 3.23. The third kappa shape index (κ3) is 4.65. The maximum atomic E-state index is 10.1. The van der Waals surface area contributed by atoms with Gasteiger partial charge in [-0.05, 0) is 47.0 Å². The van der Waals surface area contributed by atoms with Gasteiger partial charge in [-0.25, -0.2) is 9.78 Å². The van der Waals surface area contributed by atoms with Gasteiger partial charge < -0.3 is 19.6 Å². The first kappa shape index (κ1) is 24.4. The first-order valence-corrected chi connectivity index (χ1v) is 11.4. The Balaban J connectivity index is 0.000000241. The summed E-state index contributed by atoms with van der Waals surface area (Å²) in [5, 5.41) is 8.32. The number of fused-ring (bicyclic) bond motifs is 4. The molecule has 7 rings (SSSR count). The summed E-state index contributed by atoms with van der Waals surface area (Å²) in [6.45, 7) is 0.0823. The Morgan fingerprint density at radius 3 is 1.97 bits per heavy atom. The molecule has 8 heteroatoms. The second-order valence-corrected chi connectivity index (χ2v) is 8.24. The van der Waals surface area contributed by atoms with Crippen molar-refractivity contribution in [1.29, 1.82) is 0 Å². The van der Waals surface area contributed by atoms with Gasteiger partial charge in [0, 0.05) is 44.0 Å². The van der Waals surface area contributed by atoms with Crippen LogP contribution in [0.2, 0.25) is 0 Å². The molecule has 0 bridgehead atoms. The Hall–Kier alpha value is -4.26. The maximum absolute atomic E-state index is 10.1. The molecular weight excluding hydrogens is 643 g/mol. The van der Waals surface area contributed by atoms with E-state index >= 15 is 0 Å². The number of pyridine rings is 2. The van der Waals surface area contributed by atoms with Crippen LogP contribution in [0.3, 0.4) is 0 Å². The minimum atomic E-state index is -0.990. The fourth-order valence-electron chi connectivity index (χ4n) is 4.46. The molecule has 1 N–H and O–H groups in total. The standard InChI is InChI=1S/C23H13BNO2.C6H5NO2.Ir/c1-3-10-19-16(7-1)24-17-8-2-4-11-20(17)27-22-14-15(13-21(26-19)23(22)24)18-9-5-6-12-25-18;8-6(9)5-3-1-2-4-7-5;/h1-13H;1-4H,(H,8,9);/q-1;;. The van der Waals surface area contributed by atoms with Gasteiger partial charge >= 0.3 is 5.97 Å². The molecule has 2 aliphatic rings.